The van der Waals surface area contributed by atoms with E-state index in [0.717, 1.165) is 11.8 Å². The summed E-state index contributed by atoms with van der Waals surface area (Å²) in [6.07, 6.45) is 3.19. The average Bonchev–Trinajstić information content (AvgIpc) is 3.24. The minimum absolute atomic E-state index is 0.0261. The van der Waals surface area contributed by atoms with Crippen LogP contribution in [0.4, 0.5) is 6.01 Å². The van der Waals surface area contributed by atoms with Crippen LogP contribution >= 0.6 is 0 Å². The number of benzene rings is 1. The highest BCUT2D eigenvalue weighted by molar-refractivity contribution is 7.90. The minimum Gasteiger partial charge on any atom is -0.407 e. The van der Waals surface area contributed by atoms with Crippen molar-refractivity contribution in [2.45, 2.75) is 31.2 Å². The first kappa shape index (κ1) is 18.8. The lowest BCUT2D eigenvalue weighted by Gasteiger charge is -2.03. The Bertz CT molecular complexity index is 1050. The van der Waals surface area contributed by atoms with Crippen LogP contribution in [-0.4, -0.2) is 40.6 Å². The molecular formula is C17H19N5O4S. The van der Waals surface area contributed by atoms with Gasteiger partial charge in [0.2, 0.25) is 5.89 Å². The predicted octanol–water partition coefficient (Wildman–Crippen LogP) is 2.09. The monoisotopic (exact) mass is 389 g/mol. The number of hydrogen-bond donors (Lipinski definition) is 1. The summed E-state index contributed by atoms with van der Waals surface area (Å²) in [6.45, 7) is 3.92. The van der Waals surface area contributed by atoms with E-state index in [1.807, 2.05) is 13.8 Å². The first-order valence-corrected chi connectivity index (χ1v) is 10.1. The molecule has 0 saturated carbocycles. The van der Waals surface area contributed by atoms with E-state index < -0.39 is 15.7 Å². The lowest BCUT2D eigenvalue weighted by Crippen LogP contribution is -2.14. The molecule has 2 heterocycles. The van der Waals surface area contributed by atoms with E-state index in [-0.39, 0.29) is 22.6 Å². The zero-order chi connectivity index (χ0) is 19.6. The second-order valence-corrected chi connectivity index (χ2v) is 8.34. The number of carbonyl (C=O) groups is 1. The molecule has 2 aromatic heterocycles. The van der Waals surface area contributed by atoms with Crippen molar-refractivity contribution in [3.05, 3.63) is 53.7 Å². The van der Waals surface area contributed by atoms with Gasteiger partial charge in [-0.3, -0.25) is 14.8 Å². The van der Waals surface area contributed by atoms with Crippen molar-refractivity contribution in [3.8, 4) is 0 Å². The molecular weight excluding hydrogens is 370 g/mol. The predicted molar refractivity (Wildman–Crippen MR) is 97.2 cm³/mol. The number of amides is 1. The molecule has 142 valence electrons. The quantitative estimate of drug-likeness (QED) is 0.685. The fraction of sp³-hybridized carbons (Fsp3) is 0.294. The molecule has 1 aromatic carbocycles. The maximum atomic E-state index is 12.2. The highest BCUT2D eigenvalue weighted by Gasteiger charge is 2.15. The topological polar surface area (TPSA) is 120 Å². The van der Waals surface area contributed by atoms with Crippen LogP contribution in [0.5, 0.6) is 0 Å². The molecule has 9 nitrogen and oxygen atoms in total. The van der Waals surface area contributed by atoms with Crippen molar-refractivity contribution in [1.29, 1.82) is 0 Å². The third-order valence-electron chi connectivity index (χ3n) is 3.76. The van der Waals surface area contributed by atoms with Crippen molar-refractivity contribution in [3.63, 3.8) is 0 Å². The summed E-state index contributed by atoms with van der Waals surface area (Å²) in [4.78, 5) is 12.4. The van der Waals surface area contributed by atoms with Gasteiger partial charge in [0, 0.05) is 18.5 Å². The van der Waals surface area contributed by atoms with Gasteiger partial charge in [-0.1, -0.05) is 17.2 Å². The normalized spacial score (nSPS) is 11.7. The van der Waals surface area contributed by atoms with E-state index in [1.165, 1.54) is 12.1 Å². The first-order valence-electron chi connectivity index (χ1n) is 8.20. The molecule has 0 bridgehead atoms. The van der Waals surface area contributed by atoms with Crippen molar-refractivity contribution >= 4 is 21.8 Å². The largest absolute Gasteiger partial charge is 0.407 e. The molecule has 0 aliphatic carbocycles. The molecule has 27 heavy (non-hydrogen) atoms. The van der Waals surface area contributed by atoms with Gasteiger partial charge < -0.3 is 4.42 Å². The molecule has 0 atom stereocenters. The van der Waals surface area contributed by atoms with Gasteiger partial charge in [-0.05, 0) is 37.6 Å². The zero-order valence-corrected chi connectivity index (χ0v) is 15.9. The van der Waals surface area contributed by atoms with Crippen LogP contribution in [0.1, 0.15) is 41.8 Å². The first-order chi connectivity index (χ1) is 12.7. The molecule has 0 radical (unpaired) electrons. The molecule has 3 aromatic rings. The highest BCUT2D eigenvalue weighted by atomic mass is 32.2. The van der Waals surface area contributed by atoms with Crippen LogP contribution in [-0.2, 0) is 16.3 Å². The number of sulfone groups is 1. The maximum absolute atomic E-state index is 12.2. The van der Waals surface area contributed by atoms with Gasteiger partial charge in [0.15, 0.2) is 15.5 Å². The number of nitrogens with zero attached hydrogens (tertiary/aromatic N) is 4. The van der Waals surface area contributed by atoms with E-state index in [2.05, 4.69) is 20.6 Å². The van der Waals surface area contributed by atoms with Crippen LogP contribution in [0.25, 0.3) is 0 Å². The highest BCUT2D eigenvalue weighted by Crippen LogP contribution is 2.15. The summed E-state index contributed by atoms with van der Waals surface area (Å²) in [6, 6.07) is 8.13. The Morgan fingerprint density at radius 3 is 2.48 bits per heavy atom. The Morgan fingerprint density at radius 1 is 1.19 bits per heavy atom. The summed E-state index contributed by atoms with van der Waals surface area (Å²) in [5.74, 6) is -0.146. The molecule has 0 unspecified atom stereocenters. The molecule has 0 aliphatic heterocycles. The van der Waals surface area contributed by atoms with Crippen LogP contribution in [0.15, 0.2) is 45.8 Å². The van der Waals surface area contributed by atoms with Crippen LogP contribution < -0.4 is 5.32 Å². The van der Waals surface area contributed by atoms with Crippen molar-refractivity contribution in [2.24, 2.45) is 0 Å². The molecule has 0 saturated heterocycles. The zero-order valence-electron chi connectivity index (χ0n) is 15.1. The van der Waals surface area contributed by atoms with E-state index in [0.29, 0.717) is 12.3 Å². The van der Waals surface area contributed by atoms with Crippen molar-refractivity contribution in [1.82, 2.24) is 20.0 Å². The molecule has 10 heteroatoms. The van der Waals surface area contributed by atoms with Crippen LogP contribution in [0.2, 0.25) is 0 Å². The molecule has 0 fully saturated rings. The third-order valence-corrected chi connectivity index (χ3v) is 4.89. The molecule has 1 N–H and O–H groups in total. The van der Waals surface area contributed by atoms with Gasteiger partial charge >= 0.3 is 6.01 Å². The van der Waals surface area contributed by atoms with Gasteiger partial charge in [-0.2, -0.15) is 5.10 Å². The van der Waals surface area contributed by atoms with E-state index >= 15 is 0 Å². The number of aromatic nitrogens is 4. The molecule has 0 spiro atoms. The average molecular weight is 389 g/mol. The van der Waals surface area contributed by atoms with Gasteiger partial charge in [0.05, 0.1) is 11.3 Å². The van der Waals surface area contributed by atoms with Crippen LogP contribution in [0.3, 0.4) is 0 Å². The molecule has 3 rings (SSSR count). The Balaban J connectivity index is 1.65. The van der Waals surface area contributed by atoms with Crippen molar-refractivity contribution < 1.29 is 17.6 Å². The Morgan fingerprint density at radius 2 is 1.89 bits per heavy atom. The van der Waals surface area contributed by atoms with Gasteiger partial charge in [0.25, 0.3) is 5.91 Å². The third kappa shape index (κ3) is 4.59. The fourth-order valence-corrected chi connectivity index (χ4v) is 2.94. The maximum Gasteiger partial charge on any atom is 0.322 e. The molecule has 0 aliphatic rings. The number of nitrogens with one attached hydrogen (secondary N) is 1. The lowest BCUT2D eigenvalue weighted by atomic mass is 10.1. The van der Waals surface area contributed by atoms with Gasteiger partial charge in [0.1, 0.15) is 0 Å². The summed E-state index contributed by atoms with van der Waals surface area (Å²) >= 11 is 0. The number of anilines is 1. The molecule has 1 amide bonds. The second-order valence-electron chi connectivity index (χ2n) is 6.32. The smallest absolute Gasteiger partial charge is 0.322 e. The summed E-state index contributed by atoms with van der Waals surface area (Å²) < 4.78 is 30.1. The SMILES string of the molecule is CC(C)n1ccc(C(=O)Nc2nnc(Cc3ccc(S(C)(=O)=O)cc3)o2)n1. The lowest BCUT2D eigenvalue weighted by molar-refractivity contribution is 0.101. The van der Waals surface area contributed by atoms with E-state index in [1.54, 1.807) is 29.1 Å². The Hall–Kier alpha value is -3.01. The summed E-state index contributed by atoms with van der Waals surface area (Å²) in [5, 5.41) is 14.4. The van der Waals surface area contributed by atoms with E-state index in [4.69, 9.17) is 4.42 Å². The second kappa shape index (κ2) is 7.31. The van der Waals surface area contributed by atoms with Gasteiger partial charge in [-0.25, -0.2) is 8.42 Å². The Labute approximate surface area is 156 Å². The number of carbonyl (C=O) groups excluding carboxylic acids is 1. The van der Waals surface area contributed by atoms with Gasteiger partial charge in [-0.15, -0.1) is 5.10 Å². The number of hydrogen-bond acceptors (Lipinski definition) is 7. The Kier molecular flexibility index (Phi) is 5.08. The minimum atomic E-state index is -3.24. The summed E-state index contributed by atoms with van der Waals surface area (Å²) in [5.41, 5.74) is 1.06. The van der Waals surface area contributed by atoms with Crippen LogP contribution in [0, 0.1) is 0 Å². The standard InChI is InChI=1S/C17H19N5O4S/c1-11(2)22-9-8-14(21-22)16(23)18-17-20-19-15(26-17)10-12-4-6-13(7-5-12)27(3,24)25/h4-9,11H,10H2,1-3H3,(H,18,20,23). The number of rotatable bonds is 6. The van der Waals surface area contributed by atoms with Crippen molar-refractivity contribution in [2.75, 3.05) is 11.6 Å². The fourth-order valence-electron chi connectivity index (χ4n) is 2.31. The summed E-state index contributed by atoms with van der Waals surface area (Å²) in [7, 11) is -3.24. The van der Waals surface area contributed by atoms with E-state index in [9.17, 15) is 13.2 Å².